The predicted octanol–water partition coefficient (Wildman–Crippen LogP) is 2.61. The normalized spacial score (nSPS) is 28.2. The lowest BCUT2D eigenvalue weighted by molar-refractivity contribution is -0.185. The molecule has 0 radical (unpaired) electrons. The molecular weight excluding hydrogens is 244 g/mol. The van der Waals surface area contributed by atoms with Crippen LogP contribution in [0.1, 0.15) is 33.3 Å². The zero-order valence-electron chi connectivity index (χ0n) is 11.8. The number of carbonyl (C=O) groups is 1. The summed E-state index contributed by atoms with van der Waals surface area (Å²) in [6.07, 6.45) is 0.277. The molecule has 1 aromatic carbocycles. The maximum atomic E-state index is 11.8. The largest absolute Gasteiger partial charge is 0.479 e. The van der Waals surface area contributed by atoms with Crippen molar-refractivity contribution in [1.82, 2.24) is 0 Å². The van der Waals surface area contributed by atoms with E-state index >= 15 is 0 Å². The van der Waals surface area contributed by atoms with Crippen molar-refractivity contribution in [1.29, 1.82) is 0 Å². The molecule has 4 nitrogen and oxygen atoms in total. The van der Waals surface area contributed by atoms with Crippen molar-refractivity contribution in [2.75, 3.05) is 0 Å². The lowest BCUT2D eigenvalue weighted by atomic mass is 9.81. The summed E-state index contributed by atoms with van der Waals surface area (Å²) in [5.74, 6) is -1.90. The Morgan fingerprint density at radius 2 is 1.68 bits per heavy atom. The number of hydrogen-bond donors (Lipinski definition) is 1. The van der Waals surface area contributed by atoms with Crippen molar-refractivity contribution >= 4 is 5.97 Å². The number of ether oxygens (including phenoxy) is 2. The average Bonchev–Trinajstić information content (AvgIpc) is 2.45. The first-order valence-electron chi connectivity index (χ1n) is 6.36. The Bertz CT molecular complexity index is 478. The second-order valence-electron chi connectivity index (χ2n) is 5.91. The summed E-state index contributed by atoms with van der Waals surface area (Å²) in [5.41, 5.74) is -1.37. The highest BCUT2D eigenvalue weighted by Gasteiger charge is 2.63. The zero-order chi connectivity index (χ0) is 14.3. The summed E-state index contributed by atoms with van der Waals surface area (Å²) in [5, 5.41) is 9.69. The summed E-state index contributed by atoms with van der Waals surface area (Å²) in [6, 6.07) is 9.47. The number of benzene rings is 1. The molecule has 1 aliphatic rings. The van der Waals surface area contributed by atoms with Gasteiger partial charge in [0.1, 0.15) is 5.60 Å². The van der Waals surface area contributed by atoms with Crippen LogP contribution in [0.25, 0.3) is 0 Å². The van der Waals surface area contributed by atoms with Gasteiger partial charge in [0.15, 0.2) is 5.79 Å². The summed E-state index contributed by atoms with van der Waals surface area (Å²) in [4.78, 5) is 11.8. The third-order valence-corrected chi connectivity index (χ3v) is 3.53. The Kier molecular flexibility index (Phi) is 3.19. The predicted molar refractivity (Wildman–Crippen MR) is 70.8 cm³/mol. The number of aliphatic carboxylic acids is 1. The molecule has 0 unspecified atom stereocenters. The van der Waals surface area contributed by atoms with Gasteiger partial charge in [-0.15, -0.1) is 0 Å². The molecule has 0 saturated carbocycles. The van der Waals surface area contributed by atoms with Crippen LogP contribution in [0.3, 0.4) is 0 Å². The molecule has 4 heteroatoms. The van der Waals surface area contributed by atoms with Crippen LogP contribution in [0.5, 0.6) is 0 Å². The molecule has 2 rings (SSSR count). The molecule has 19 heavy (non-hydrogen) atoms. The first-order chi connectivity index (χ1) is 8.69. The van der Waals surface area contributed by atoms with Crippen molar-refractivity contribution in [3.8, 4) is 0 Å². The molecule has 1 saturated heterocycles. The van der Waals surface area contributed by atoms with E-state index in [0.29, 0.717) is 0 Å². The third kappa shape index (κ3) is 2.38. The van der Waals surface area contributed by atoms with Gasteiger partial charge in [-0.25, -0.2) is 4.79 Å². The molecule has 1 N–H and O–H groups in total. The van der Waals surface area contributed by atoms with E-state index in [2.05, 4.69) is 0 Å². The summed E-state index contributed by atoms with van der Waals surface area (Å²) < 4.78 is 11.6. The monoisotopic (exact) mass is 264 g/mol. The highest BCUT2D eigenvalue weighted by molar-refractivity contribution is 5.80. The van der Waals surface area contributed by atoms with Crippen molar-refractivity contribution in [3.05, 3.63) is 35.9 Å². The van der Waals surface area contributed by atoms with Gasteiger partial charge in [0.2, 0.25) is 5.60 Å². The van der Waals surface area contributed by atoms with Gasteiger partial charge in [-0.3, -0.25) is 0 Å². The summed E-state index contributed by atoms with van der Waals surface area (Å²) in [6.45, 7) is 7.01. The first kappa shape index (κ1) is 14.0. The molecule has 104 valence electrons. The van der Waals surface area contributed by atoms with Crippen molar-refractivity contribution in [2.45, 2.75) is 51.1 Å². The third-order valence-electron chi connectivity index (χ3n) is 3.53. The van der Waals surface area contributed by atoms with Crippen LogP contribution in [-0.4, -0.2) is 28.1 Å². The van der Waals surface area contributed by atoms with E-state index < -0.39 is 23.0 Å². The lowest BCUT2D eigenvalue weighted by Gasteiger charge is -2.34. The molecule has 1 heterocycles. The van der Waals surface area contributed by atoms with Gasteiger partial charge in [0, 0.05) is 6.42 Å². The van der Waals surface area contributed by atoms with E-state index in [4.69, 9.17) is 9.47 Å². The van der Waals surface area contributed by atoms with Crippen LogP contribution in [0.2, 0.25) is 0 Å². The Morgan fingerprint density at radius 3 is 2.11 bits per heavy atom. The molecule has 1 aliphatic heterocycles. The Morgan fingerprint density at radius 1 is 1.11 bits per heavy atom. The Labute approximate surface area is 113 Å². The fraction of sp³-hybridized carbons (Fsp3) is 0.533. The Balaban J connectivity index is 2.42. The van der Waals surface area contributed by atoms with E-state index in [-0.39, 0.29) is 6.42 Å². The van der Waals surface area contributed by atoms with E-state index in [1.807, 2.05) is 30.3 Å². The van der Waals surface area contributed by atoms with Gasteiger partial charge in [-0.05, 0) is 33.3 Å². The van der Waals surface area contributed by atoms with E-state index in [0.717, 1.165) is 5.56 Å². The molecule has 1 fully saturated rings. The van der Waals surface area contributed by atoms with Crippen LogP contribution in [0.15, 0.2) is 30.3 Å². The van der Waals surface area contributed by atoms with E-state index in [1.54, 1.807) is 27.7 Å². The molecule has 0 amide bonds. The van der Waals surface area contributed by atoms with Gasteiger partial charge >= 0.3 is 5.97 Å². The number of hydrogen-bond acceptors (Lipinski definition) is 3. The van der Waals surface area contributed by atoms with E-state index in [9.17, 15) is 9.90 Å². The van der Waals surface area contributed by atoms with Crippen molar-refractivity contribution < 1.29 is 19.4 Å². The van der Waals surface area contributed by atoms with Crippen LogP contribution in [-0.2, 0) is 20.7 Å². The maximum absolute atomic E-state index is 11.8. The van der Waals surface area contributed by atoms with Crippen molar-refractivity contribution in [2.24, 2.45) is 0 Å². The molecule has 0 aliphatic carbocycles. The minimum Gasteiger partial charge on any atom is -0.479 e. The van der Waals surface area contributed by atoms with Crippen LogP contribution in [0, 0.1) is 0 Å². The number of carboxylic acid groups (broad SMARTS) is 1. The number of rotatable bonds is 3. The fourth-order valence-electron chi connectivity index (χ4n) is 2.77. The molecule has 1 atom stereocenters. The van der Waals surface area contributed by atoms with Gasteiger partial charge < -0.3 is 14.6 Å². The van der Waals surface area contributed by atoms with Gasteiger partial charge in [0.25, 0.3) is 0 Å². The summed E-state index contributed by atoms with van der Waals surface area (Å²) in [7, 11) is 0. The average molecular weight is 264 g/mol. The van der Waals surface area contributed by atoms with Gasteiger partial charge in [-0.2, -0.15) is 0 Å². The fourth-order valence-corrected chi connectivity index (χ4v) is 2.77. The highest BCUT2D eigenvalue weighted by atomic mass is 16.8. The quantitative estimate of drug-likeness (QED) is 0.911. The second kappa shape index (κ2) is 4.32. The summed E-state index contributed by atoms with van der Waals surface area (Å²) >= 11 is 0. The number of carboxylic acids is 1. The van der Waals surface area contributed by atoms with E-state index in [1.165, 1.54) is 0 Å². The molecule has 0 spiro atoms. The molecule has 0 aromatic heterocycles. The molecule has 1 aromatic rings. The van der Waals surface area contributed by atoms with Gasteiger partial charge in [-0.1, -0.05) is 30.3 Å². The highest BCUT2D eigenvalue weighted by Crippen LogP contribution is 2.46. The van der Waals surface area contributed by atoms with Crippen LogP contribution < -0.4 is 0 Å². The van der Waals surface area contributed by atoms with Gasteiger partial charge in [0.05, 0.1) is 0 Å². The lowest BCUT2D eigenvalue weighted by Crippen LogP contribution is -2.55. The van der Waals surface area contributed by atoms with Crippen LogP contribution >= 0.6 is 0 Å². The maximum Gasteiger partial charge on any atom is 0.339 e. The minimum absolute atomic E-state index is 0.277. The minimum atomic E-state index is -1.38. The first-order valence-corrected chi connectivity index (χ1v) is 6.36. The topological polar surface area (TPSA) is 55.8 Å². The standard InChI is InChI=1S/C15H20O4/c1-13(2)15(12(16)17,19-14(3,4)18-13)10-11-8-6-5-7-9-11/h5-9H,10H2,1-4H3,(H,16,17)/t15-/m1/s1. The van der Waals surface area contributed by atoms with Crippen LogP contribution in [0.4, 0.5) is 0 Å². The second-order valence-corrected chi connectivity index (χ2v) is 5.91. The smallest absolute Gasteiger partial charge is 0.339 e. The SMILES string of the molecule is CC1(C)OC(C)(C)[C@@](Cc2ccccc2)(C(=O)O)O1. The zero-order valence-corrected chi connectivity index (χ0v) is 11.8. The molecular formula is C15H20O4. The molecule has 0 bridgehead atoms. The Hall–Kier alpha value is -1.39. The van der Waals surface area contributed by atoms with Crippen molar-refractivity contribution in [3.63, 3.8) is 0 Å².